The smallest absolute Gasteiger partial charge is 0.268 e. The van der Waals surface area contributed by atoms with E-state index in [0.29, 0.717) is 23.9 Å². The van der Waals surface area contributed by atoms with Gasteiger partial charge in [0.05, 0.1) is 39.9 Å². The Balaban J connectivity index is 4.17. The third-order valence-corrected chi connectivity index (χ3v) is 14.0. The summed E-state index contributed by atoms with van der Waals surface area (Å²) in [7, 11) is 1.30. The molecule has 0 aromatic carbocycles. The van der Waals surface area contributed by atoms with Gasteiger partial charge in [-0.15, -0.1) is 0 Å². The van der Waals surface area contributed by atoms with Crippen LogP contribution in [0.5, 0.6) is 0 Å². The molecule has 0 fully saturated rings. The van der Waals surface area contributed by atoms with Crippen molar-refractivity contribution in [3.05, 3.63) is 48.6 Å². The summed E-state index contributed by atoms with van der Waals surface area (Å²) in [4.78, 5) is 25.5. The normalized spacial score (nSPS) is 14.3. The number of phosphoric ester groups is 1. The summed E-state index contributed by atoms with van der Waals surface area (Å²) in [5.74, 6) is -0.171. The van der Waals surface area contributed by atoms with Crippen molar-refractivity contribution in [2.75, 3.05) is 40.9 Å². The van der Waals surface area contributed by atoms with Crippen LogP contribution in [0.3, 0.4) is 0 Å². The van der Waals surface area contributed by atoms with Gasteiger partial charge in [0.15, 0.2) is 0 Å². The predicted molar refractivity (Wildman–Crippen MR) is 293 cm³/mol. The van der Waals surface area contributed by atoms with Crippen LogP contribution in [0.2, 0.25) is 0 Å². The monoisotopic (exact) mass is 977 g/mol. The Hall–Kier alpha value is -1.54. The molecule has 0 bridgehead atoms. The number of quaternary nitrogens is 1. The minimum absolute atomic E-state index is 0.00938. The lowest BCUT2D eigenvalue weighted by atomic mass is 10.0. The minimum atomic E-state index is -4.58. The zero-order valence-electron chi connectivity index (χ0n) is 45.6. The molecule has 0 saturated heterocycles. The van der Waals surface area contributed by atoms with E-state index in [1.165, 1.54) is 173 Å². The zero-order valence-corrected chi connectivity index (χ0v) is 46.5. The SMILES string of the molecule is CC/C=C\C/C=C\C/C=C\C/C=C\CCCCCCCCCCC(=O)NC(COP(=O)([O-])OCC[N+](C)(C)C)C(O)CCCCCCCCCCCCCCCCCCCCCCCCCCC. The predicted octanol–water partition coefficient (Wildman–Crippen LogP) is 16.9. The number of carbonyl (C=O) groups is 1. The number of carbonyl (C=O) groups excluding carboxylic acids is 1. The number of phosphoric acid groups is 1. The molecule has 400 valence electrons. The fourth-order valence-electron chi connectivity index (χ4n) is 8.56. The first-order valence-corrected chi connectivity index (χ1v) is 30.4. The molecule has 0 aliphatic carbocycles. The average Bonchev–Trinajstić information content (AvgIpc) is 3.30. The van der Waals surface area contributed by atoms with E-state index in [2.05, 4.69) is 67.8 Å². The van der Waals surface area contributed by atoms with Crippen LogP contribution in [0.1, 0.15) is 271 Å². The summed E-state index contributed by atoms with van der Waals surface area (Å²) in [6, 6.07) is -0.808. The molecule has 0 aliphatic heterocycles. The number of rotatable bonds is 53. The summed E-state index contributed by atoms with van der Waals surface area (Å²) in [5, 5.41) is 14.0. The summed E-state index contributed by atoms with van der Waals surface area (Å²) in [6.07, 6.45) is 65.7. The number of aliphatic hydroxyl groups excluding tert-OH is 1. The molecule has 0 spiro atoms. The first-order chi connectivity index (χ1) is 33.0. The highest BCUT2D eigenvalue weighted by Crippen LogP contribution is 2.38. The van der Waals surface area contributed by atoms with Gasteiger partial charge in [-0.05, 0) is 51.4 Å². The van der Waals surface area contributed by atoms with Crippen molar-refractivity contribution in [2.45, 2.75) is 283 Å². The lowest BCUT2D eigenvalue weighted by Crippen LogP contribution is -2.46. The summed E-state index contributed by atoms with van der Waals surface area (Å²) >= 11 is 0. The molecule has 0 aromatic rings. The average molecular weight is 978 g/mol. The molecule has 3 unspecified atom stereocenters. The van der Waals surface area contributed by atoms with Crippen LogP contribution in [0, 0.1) is 0 Å². The van der Waals surface area contributed by atoms with Gasteiger partial charge in [0.25, 0.3) is 7.82 Å². The number of allylic oxidation sites excluding steroid dienone is 8. The quantitative estimate of drug-likeness (QED) is 0.0272. The van der Waals surface area contributed by atoms with Gasteiger partial charge >= 0.3 is 0 Å². The Morgan fingerprint density at radius 1 is 0.529 bits per heavy atom. The topological polar surface area (TPSA) is 108 Å². The molecule has 0 heterocycles. The van der Waals surface area contributed by atoms with E-state index in [9.17, 15) is 19.4 Å². The molecule has 68 heavy (non-hydrogen) atoms. The summed E-state index contributed by atoms with van der Waals surface area (Å²) < 4.78 is 23.4. The Morgan fingerprint density at radius 2 is 0.897 bits per heavy atom. The Morgan fingerprint density at radius 3 is 1.31 bits per heavy atom. The van der Waals surface area contributed by atoms with Gasteiger partial charge < -0.3 is 28.8 Å². The van der Waals surface area contributed by atoms with Gasteiger partial charge in [0, 0.05) is 6.42 Å². The zero-order chi connectivity index (χ0) is 49.9. The highest BCUT2D eigenvalue weighted by molar-refractivity contribution is 7.45. The van der Waals surface area contributed by atoms with Gasteiger partial charge in [0.1, 0.15) is 13.2 Å². The number of hydrogen-bond donors (Lipinski definition) is 2. The second-order valence-electron chi connectivity index (χ2n) is 21.0. The second kappa shape index (κ2) is 50.4. The lowest BCUT2D eigenvalue weighted by molar-refractivity contribution is -0.870. The van der Waals surface area contributed by atoms with Crippen LogP contribution < -0.4 is 10.2 Å². The standard InChI is InChI=1S/C59H113N2O6P/c1-6-8-10-12-14-16-18-20-22-24-26-28-29-30-31-33-34-36-38-40-42-44-46-48-50-52-58(62)57(56-67-68(64,65)66-55-54-61(3,4)5)60-59(63)53-51-49-47-45-43-41-39-37-35-32-27-25-23-21-19-17-15-13-11-9-7-2/h9,11,15,17,21,23,27,32,57-58,62H,6-8,10,12-14,16,18-20,22,24-26,28-31,33-56H2,1-5H3,(H-,60,63,64,65)/b11-9-,17-15-,23-21-,32-27-. The molecule has 0 rings (SSSR count). The number of amides is 1. The maximum atomic E-state index is 13.0. The van der Waals surface area contributed by atoms with Crippen molar-refractivity contribution in [2.24, 2.45) is 0 Å². The van der Waals surface area contributed by atoms with Crippen molar-refractivity contribution < 1.29 is 32.9 Å². The van der Waals surface area contributed by atoms with E-state index in [4.69, 9.17) is 9.05 Å². The number of nitrogens with one attached hydrogen (secondary N) is 1. The molecule has 0 aromatic heterocycles. The Labute approximate surface area is 422 Å². The third kappa shape index (κ3) is 52.3. The number of hydrogen-bond acceptors (Lipinski definition) is 6. The molecule has 0 aliphatic rings. The van der Waals surface area contributed by atoms with Gasteiger partial charge in [0.2, 0.25) is 5.91 Å². The number of likely N-dealkylation sites (N-methyl/N-ethyl adjacent to an activating group) is 1. The molecule has 0 radical (unpaired) electrons. The minimum Gasteiger partial charge on any atom is -0.756 e. The highest BCUT2D eigenvalue weighted by atomic mass is 31.2. The van der Waals surface area contributed by atoms with Gasteiger partial charge in [-0.3, -0.25) is 9.36 Å². The van der Waals surface area contributed by atoms with Gasteiger partial charge in [-0.2, -0.15) is 0 Å². The third-order valence-electron chi connectivity index (χ3n) is 13.1. The maximum Gasteiger partial charge on any atom is 0.268 e. The van der Waals surface area contributed by atoms with Crippen LogP contribution in [-0.4, -0.2) is 68.5 Å². The van der Waals surface area contributed by atoms with Gasteiger partial charge in [-0.1, -0.05) is 262 Å². The largest absolute Gasteiger partial charge is 0.756 e. The number of aliphatic hydroxyl groups is 1. The molecule has 0 saturated carbocycles. The van der Waals surface area contributed by atoms with Crippen LogP contribution in [0.25, 0.3) is 0 Å². The van der Waals surface area contributed by atoms with Crippen molar-refractivity contribution in [3.63, 3.8) is 0 Å². The first kappa shape index (κ1) is 66.5. The lowest BCUT2D eigenvalue weighted by Gasteiger charge is -2.30. The molecule has 3 atom stereocenters. The van der Waals surface area contributed by atoms with E-state index in [1.807, 2.05) is 21.1 Å². The van der Waals surface area contributed by atoms with Crippen molar-refractivity contribution >= 4 is 13.7 Å². The van der Waals surface area contributed by atoms with Gasteiger partial charge in [-0.25, -0.2) is 0 Å². The highest BCUT2D eigenvalue weighted by Gasteiger charge is 2.24. The van der Waals surface area contributed by atoms with E-state index in [0.717, 1.165) is 70.6 Å². The van der Waals surface area contributed by atoms with E-state index >= 15 is 0 Å². The van der Waals surface area contributed by atoms with Crippen LogP contribution in [-0.2, 0) is 18.4 Å². The van der Waals surface area contributed by atoms with Crippen LogP contribution in [0.4, 0.5) is 0 Å². The van der Waals surface area contributed by atoms with Crippen LogP contribution >= 0.6 is 7.82 Å². The van der Waals surface area contributed by atoms with E-state index in [1.54, 1.807) is 0 Å². The van der Waals surface area contributed by atoms with E-state index in [-0.39, 0.29) is 19.1 Å². The molecular weight excluding hydrogens is 864 g/mol. The molecule has 2 N–H and O–H groups in total. The Kier molecular flexibility index (Phi) is 49.3. The van der Waals surface area contributed by atoms with Crippen molar-refractivity contribution in [1.82, 2.24) is 5.32 Å². The van der Waals surface area contributed by atoms with E-state index < -0.39 is 20.0 Å². The summed E-state index contributed by atoms with van der Waals surface area (Å²) in [5.41, 5.74) is 0. The fraction of sp³-hybridized carbons (Fsp3) is 0.847. The number of unbranched alkanes of at least 4 members (excludes halogenated alkanes) is 32. The molecule has 9 heteroatoms. The maximum absolute atomic E-state index is 13.0. The molecule has 8 nitrogen and oxygen atoms in total. The molecular formula is C59H113N2O6P. The van der Waals surface area contributed by atoms with Crippen molar-refractivity contribution in [3.8, 4) is 0 Å². The second-order valence-corrected chi connectivity index (χ2v) is 22.4. The summed E-state index contributed by atoms with van der Waals surface area (Å²) in [6.45, 7) is 4.63. The first-order valence-electron chi connectivity index (χ1n) is 29.0. The Bertz CT molecular complexity index is 1250. The fourth-order valence-corrected chi connectivity index (χ4v) is 9.29. The van der Waals surface area contributed by atoms with Crippen LogP contribution in [0.15, 0.2) is 48.6 Å². The van der Waals surface area contributed by atoms with Crippen molar-refractivity contribution in [1.29, 1.82) is 0 Å². The number of nitrogens with zero attached hydrogens (tertiary/aromatic N) is 1. The molecule has 1 amide bonds.